The summed E-state index contributed by atoms with van der Waals surface area (Å²) in [6.07, 6.45) is 8.68. The number of nitrogens with zero attached hydrogens (tertiary/aromatic N) is 4. The predicted octanol–water partition coefficient (Wildman–Crippen LogP) is 2.20. The van der Waals surface area contributed by atoms with E-state index in [1.165, 1.54) is 25.9 Å². The van der Waals surface area contributed by atoms with Crippen LogP contribution in [-0.2, 0) is 0 Å². The van der Waals surface area contributed by atoms with Gasteiger partial charge in [0.25, 0.3) is 5.91 Å². The van der Waals surface area contributed by atoms with Crippen molar-refractivity contribution in [3.05, 3.63) is 48.5 Å². The number of amides is 1. The summed E-state index contributed by atoms with van der Waals surface area (Å²) >= 11 is 0. The van der Waals surface area contributed by atoms with Crippen molar-refractivity contribution >= 4 is 5.91 Å². The Bertz CT molecular complexity index is 772. The van der Waals surface area contributed by atoms with Crippen molar-refractivity contribution in [2.75, 3.05) is 39.3 Å². The molecule has 0 aliphatic carbocycles. The molecule has 7 heteroatoms. The number of benzene rings is 1. The summed E-state index contributed by atoms with van der Waals surface area (Å²) in [4.78, 5) is 21.3. The van der Waals surface area contributed by atoms with Crippen LogP contribution in [0.5, 0.6) is 5.75 Å². The monoisotopic (exact) mass is 398 g/mol. The highest BCUT2D eigenvalue weighted by atomic mass is 16.5. The molecule has 2 aliphatic rings. The molecule has 2 aliphatic heterocycles. The standard InChI is InChI=1S/C22H30N4O3/c27-21-8-13-25(12-7-20(21)26-14-9-23-17-26)22(28)18-3-5-19(6-4-18)29-16-15-24-10-1-2-11-24/h3-6,9,14,17,20-21,27H,1-2,7-8,10-13,15-16H2/t20-,21-/m0/s1. The van der Waals surface area contributed by atoms with E-state index in [4.69, 9.17) is 4.74 Å². The van der Waals surface area contributed by atoms with Crippen LogP contribution in [0, 0.1) is 0 Å². The Balaban J connectivity index is 1.30. The van der Waals surface area contributed by atoms with E-state index in [-0.39, 0.29) is 11.9 Å². The lowest BCUT2D eigenvalue weighted by molar-refractivity contribution is 0.0751. The van der Waals surface area contributed by atoms with E-state index < -0.39 is 6.10 Å². The summed E-state index contributed by atoms with van der Waals surface area (Å²) in [6, 6.07) is 7.38. The normalized spacial score (nSPS) is 23.1. The van der Waals surface area contributed by atoms with Gasteiger partial charge in [0.1, 0.15) is 12.4 Å². The quantitative estimate of drug-likeness (QED) is 0.808. The van der Waals surface area contributed by atoms with Crippen molar-refractivity contribution in [1.29, 1.82) is 0 Å². The summed E-state index contributed by atoms with van der Waals surface area (Å²) in [5.41, 5.74) is 0.660. The molecule has 2 fully saturated rings. The molecule has 2 saturated heterocycles. The lowest BCUT2D eigenvalue weighted by Crippen LogP contribution is -2.32. The molecule has 7 nitrogen and oxygen atoms in total. The van der Waals surface area contributed by atoms with Crippen LogP contribution in [-0.4, -0.2) is 75.8 Å². The number of ether oxygens (including phenoxy) is 1. The van der Waals surface area contributed by atoms with Gasteiger partial charge in [-0.05, 0) is 63.0 Å². The number of hydrogen-bond acceptors (Lipinski definition) is 5. The topological polar surface area (TPSA) is 70.8 Å². The van der Waals surface area contributed by atoms with Crippen LogP contribution in [0.15, 0.2) is 43.0 Å². The van der Waals surface area contributed by atoms with E-state index in [0.717, 1.165) is 12.3 Å². The van der Waals surface area contributed by atoms with Crippen molar-refractivity contribution in [2.24, 2.45) is 0 Å². The number of likely N-dealkylation sites (tertiary alicyclic amines) is 2. The average molecular weight is 399 g/mol. The summed E-state index contributed by atoms with van der Waals surface area (Å²) in [6.45, 7) is 5.14. The fraction of sp³-hybridized carbons (Fsp3) is 0.545. The van der Waals surface area contributed by atoms with Gasteiger partial charge >= 0.3 is 0 Å². The van der Waals surface area contributed by atoms with E-state index in [9.17, 15) is 9.90 Å². The van der Waals surface area contributed by atoms with E-state index in [1.807, 2.05) is 39.9 Å². The Morgan fingerprint density at radius 2 is 1.86 bits per heavy atom. The van der Waals surface area contributed by atoms with Crippen LogP contribution >= 0.6 is 0 Å². The van der Waals surface area contributed by atoms with Crippen LogP contribution in [0.2, 0.25) is 0 Å². The fourth-order valence-corrected chi connectivity index (χ4v) is 4.26. The molecule has 1 aromatic carbocycles. The predicted molar refractivity (Wildman–Crippen MR) is 110 cm³/mol. The maximum absolute atomic E-state index is 12.9. The lowest BCUT2D eigenvalue weighted by Gasteiger charge is -2.21. The number of aromatic nitrogens is 2. The highest BCUT2D eigenvalue weighted by Gasteiger charge is 2.28. The van der Waals surface area contributed by atoms with Gasteiger partial charge in [0.05, 0.1) is 18.5 Å². The number of imidazole rings is 1. The molecule has 1 amide bonds. The van der Waals surface area contributed by atoms with E-state index in [2.05, 4.69) is 9.88 Å². The summed E-state index contributed by atoms with van der Waals surface area (Å²) < 4.78 is 7.77. The summed E-state index contributed by atoms with van der Waals surface area (Å²) in [7, 11) is 0. The largest absolute Gasteiger partial charge is 0.492 e. The SMILES string of the molecule is O=C(c1ccc(OCCN2CCCC2)cc1)N1CC[C@H](O)[C@@H](n2ccnc2)CC1. The molecule has 4 rings (SSSR count). The maximum Gasteiger partial charge on any atom is 0.253 e. The second kappa shape index (κ2) is 9.41. The molecule has 0 saturated carbocycles. The van der Waals surface area contributed by atoms with Gasteiger partial charge in [-0.3, -0.25) is 9.69 Å². The van der Waals surface area contributed by atoms with Gasteiger partial charge in [-0.15, -0.1) is 0 Å². The van der Waals surface area contributed by atoms with Crippen LogP contribution in [0.3, 0.4) is 0 Å². The summed E-state index contributed by atoms with van der Waals surface area (Å²) in [5, 5.41) is 10.5. The van der Waals surface area contributed by atoms with Gasteiger partial charge in [0.15, 0.2) is 0 Å². The third-order valence-corrected chi connectivity index (χ3v) is 6.00. The van der Waals surface area contributed by atoms with Crippen LogP contribution in [0.25, 0.3) is 0 Å². The van der Waals surface area contributed by atoms with Crippen molar-refractivity contribution in [2.45, 2.75) is 37.8 Å². The maximum atomic E-state index is 12.9. The zero-order chi connectivity index (χ0) is 20.1. The molecule has 0 radical (unpaired) electrons. The first kappa shape index (κ1) is 19.9. The first-order valence-corrected chi connectivity index (χ1v) is 10.6. The van der Waals surface area contributed by atoms with Crippen molar-refractivity contribution < 1.29 is 14.6 Å². The highest BCUT2D eigenvalue weighted by molar-refractivity contribution is 5.94. The number of carbonyl (C=O) groups is 1. The molecule has 3 heterocycles. The first-order chi connectivity index (χ1) is 14.2. The molecule has 2 atom stereocenters. The van der Waals surface area contributed by atoms with Gasteiger partial charge in [0.2, 0.25) is 0 Å². The van der Waals surface area contributed by atoms with Gasteiger partial charge in [-0.25, -0.2) is 4.98 Å². The number of aliphatic hydroxyl groups is 1. The Morgan fingerprint density at radius 1 is 1.10 bits per heavy atom. The zero-order valence-electron chi connectivity index (χ0n) is 16.8. The summed E-state index contributed by atoms with van der Waals surface area (Å²) in [5.74, 6) is 0.805. The minimum absolute atomic E-state index is 0.00657. The number of rotatable bonds is 6. The second-order valence-electron chi connectivity index (χ2n) is 7.94. The van der Waals surface area contributed by atoms with Gasteiger partial charge in [-0.1, -0.05) is 0 Å². The molecule has 1 N–H and O–H groups in total. The molecule has 2 aromatic rings. The van der Waals surface area contributed by atoms with Crippen LogP contribution in [0.4, 0.5) is 0 Å². The Labute approximate surface area is 171 Å². The second-order valence-corrected chi connectivity index (χ2v) is 7.94. The lowest BCUT2D eigenvalue weighted by atomic mass is 10.1. The van der Waals surface area contributed by atoms with Crippen molar-refractivity contribution in [3.63, 3.8) is 0 Å². The number of aliphatic hydroxyl groups excluding tert-OH is 1. The molecular formula is C22H30N4O3. The zero-order valence-corrected chi connectivity index (χ0v) is 16.8. The van der Waals surface area contributed by atoms with Gasteiger partial charge < -0.3 is 19.3 Å². The van der Waals surface area contributed by atoms with Crippen molar-refractivity contribution in [3.8, 4) is 5.75 Å². The van der Waals surface area contributed by atoms with Crippen LogP contribution in [0.1, 0.15) is 42.1 Å². The Morgan fingerprint density at radius 3 is 2.59 bits per heavy atom. The molecule has 0 spiro atoms. The van der Waals surface area contributed by atoms with E-state index >= 15 is 0 Å². The Hall–Kier alpha value is -2.38. The van der Waals surface area contributed by atoms with Gasteiger partial charge in [0, 0.05) is 37.6 Å². The minimum Gasteiger partial charge on any atom is -0.492 e. The minimum atomic E-state index is -0.478. The van der Waals surface area contributed by atoms with E-state index in [1.54, 1.807) is 12.5 Å². The fourth-order valence-electron chi connectivity index (χ4n) is 4.26. The molecule has 156 valence electrons. The molecule has 1 aromatic heterocycles. The highest BCUT2D eigenvalue weighted by Crippen LogP contribution is 2.24. The number of hydrogen-bond donors (Lipinski definition) is 1. The third kappa shape index (κ3) is 4.97. The smallest absolute Gasteiger partial charge is 0.253 e. The third-order valence-electron chi connectivity index (χ3n) is 6.00. The molecule has 0 unspecified atom stereocenters. The van der Waals surface area contributed by atoms with E-state index in [0.29, 0.717) is 38.1 Å². The molecule has 29 heavy (non-hydrogen) atoms. The van der Waals surface area contributed by atoms with Crippen molar-refractivity contribution in [1.82, 2.24) is 19.4 Å². The first-order valence-electron chi connectivity index (χ1n) is 10.6. The van der Waals surface area contributed by atoms with Gasteiger partial charge in [-0.2, -0.15) is 0 Å². The molecule has 0 bridgehead atoms. The molecular weight excluding hydrogens is 368 g/mol. The Kier molecular flexibility index (Phi) is 6.46. The average Bonchev–Trinajstić information content (AvgIpc) is 3.42. The number of carbonyl (C=O) groups excluding carboxylic acids is 1. The van der Waals surface area contributed by atoms with Crippen LogP contribution < -0.4 is 4.74 Å².